The van der Waals surface area contributed by atoms with Crippen LogP contribution in [-0.2, 0) is 4.74 Å². The predicted molar refractivity (Wildman–Crippen MR) is 79.5 cm³/mol. The van der Waals surface area contributed by atoms with E-state index in [0.717, 1.165) is 12.0 Å². The van der Waals surface area contributed by atoms with Crippen molar-refractivity contribution in [2.24, 2.45) is 0 Å². The van der Waals surface area contributed by atoms with Gasteiger partial charge in [-0.2, -0.15) is 0 Å². The fourth-order valence-corrected chi connectivity index (χ4v) is 2.87. The van der Waals surface area contributed by atoms with Crippen molar-refractivity contribution in [2.75, 3.05) is 0 Å². The van der Waals surface area contributed by atoms with Crippen LogP contribution in [0.15, 0.2) is 18.2 Å². The lowest BCUT2D eigenvalue weighted by atomic mass is 9.97. The summed E-state index contributed by atoms with van der Waals surface area (Å²) in [6.07, 6.45) is 0.754. The summed E-state index contributed by atoms with van der Waals surface area (Å²) in [4.78, 5) is 11.8. The molecule has 1 fully saturated rings. The Kier molecular flexibility index (Phi) is 3.67. The molecule has 0 saturated carbocycles. The second-order valence-electron chi connectivity index (χ2n) is 6.83. The highest BCUT2D eigenvalue weighted by atomic mass is 16.6. The molecule has 3 nitrogen and oxygen atoms in total. The molecule has 1 aromatic carbocycles. The molecule has 1 aromatic rings. The van der Waals surface area contributed by atoms with Gasteiger partial charge in [0, 0.05) is 6.42 Å². The SMILES string of the molecule is CC(=O)c1cc(C)ccc1OC1CC(C)(C)OC1(C)C. The number of hydrogen-bond acceptors (Lipinski definition) is 3. The Bertz CT molecular complexity index is 529. The fraction of sp³-hybridized carbons (Fsp3) is 0.588. The maximum atomic E-state index is 11.8. The van der Waals surface area contributed by atoms with Crippen molar-refractivity contribution in [3.8, 4) is 5.75 Å². The van der Waals surface area contributed by atoms with Crippen molar-refractivity contribution in [3.63, 3.8) is 0 Å². The monoisotopic (exact) mass is 276 g/mol. The standard InChI is InChI=1S/C17H24O3/c1-11-7-8-14(13(9-11)12(2)18)19-15-10-16(3,4)20-17(15,5)6/h7-9,15H,10H2,1-6H3. The topological polar surface area (TPSA) is 35.5 Å². The van der Waals surface area contributed by atoms with E-state index in [4.69, 9.17) is 9.47 Å². The maximum Gasteiger partial charge on any atom is 0.163 e. The van der Waals surface area contributed by atoms with E-state index in [1.807, 2.05) is 39.0 Å². The Morgan fingerprint density at radius 2 is 1.95 bits per heavy atom. The summed E-state index contributed by atoms with van der Waals surface area (Å²) in [7, 11) is 0. The largest absolute Gasteiger partial charge is 0.487 e. The number of rotatable bonds is 3. The molecule has 1 aliphatic heterocycles. The van der Waals surface area contributed by atoms with Crippen molar-refractivity contribution < 1.29 is 14.3 Å². The summed E-state index contributed by atoms with van der Waals surface area (Å²) in [5, 5.41) is 0. The Labute approximate surface area is 121 Å². The van der Waals surface area contributed by atoms with Gasteiger partial charge in [0.05, 0.1) is 11.2 Å². The van der Waals surface area contributed by atoms with E-state index in [1.54, 1.807) is 6.92 Å². The predicted octanol–water partition coefficient (Wildman–Crippen LogP) is 3.92. The van der Waals surface area contributed by atoms with Crippen molar-refractivity contribution in [2.45, 2.75) is 65.3 Å². The molecule has 1 saturated heterocycles. The normalized spacial score (nSPS) is 23.6. The first kappa shape index (κ1) is 15.0. The molecule has 0 radical (unpaired) electrons. The van der Waals surface area contributed by atoms with Crippen molar-refractivity contribution in [1.29, 1.82) is 0 Å². The Hall–Kier alpha value is -1.35. The van der Waals surface area contributed by atoms with Crippen LogP contribution >= 0.6 is 0 Å². The van der Waals surface area contributed by atoms with Gasteiger partial charge in [-0.3, -0.25) is 4.79 Å². The number of ketones is 1. The van der Waals surface area contributed by atoms with Crippen LogP contribution in [0.5, 0.6) is 5.75 Å². The summed E-state index contributed by atoms with van der Waals surface area (Å²) in [5.41, 5.74) is 1.15. The van der Waals surface area contributed by atoms with Gasteiger partial charge in [-0.05, 0) is 53.7 Å². The first-order chi connectivity index (χ1) is 9.11. The second-order valence-corrected chi connectivity index (χ2v) is 6.83. The third kappa shape index (κ3) is 3.04. The molecule has 1 atom stereocenters. The number of carbonyl (C=O) groups excluding carboxylic acids is 1. The molecular weight excluding hydrogens is 252 g/mol. The van der Waals surface area contributed by atoms with Gasteiger partial charge in [-0.1, -0.05) is 11.6 Å². The molecule has 0 amide bonds. The lowest BCUT2D eigenvalue weighted by Gasteiger charge is -2.28. The highest BCUT2D eigenvalue weighted by molar-refractivity contribution is 5.97. The fourth-order valence-electron chi connectivity index (χ4n) is 2.87. The Morgan fingerprint density at radius 3 is 2.45 bits per heavy atom. The second kappa shape index (κ2) is 4.88. The number of ether oxygens (including phenoxy) is 2. The molecule has 0 bridgehead atoms. The number of carbonyl (C=O) groups is 1. The molecule has 20 heavy (non-hydrogen) atoms. The summed E-state index contributed by atoms with van der Waals surface area (Å²) in [6.45, 7) is 11.8. The van der Waals surface area contributed by atoms with E-state index in [-0.39, 0.29) is 23.1 Å². The van der Waals surface area contributed by atoms with E-state index >= 15 is 0 Å². The van der Waals surface area contributed by atoms with Crippen LogP contribution in [0.25, 0.3) is 0 Å². The summed E-state index contributed by atoms with van der Waals surface area (Å²) in [5.74, 6) is 0.683. The van der Waals surface area contributed by atoms with Crippen LogP contribution in [0.1, 0.15) is 57.0 Å². The highest BCUT2D eigenvalue weighted by Gasteiger charge is 2.47. The van der Waals surface area contributed by atoms with Gasteiger partial charge < -0.3 is 9.47 Å². The van der Waals surface area contributed by atoms with Crippen LogP contribution in [0.2, 0.25) is 0 Å². The van der Waals surface area contributed by atoms with Crippen LogP contribution in [-0.4, -0.2) is 23.1 Å². The van der Waals surface area contributed by atoms with E-state index < -0.39 is 0 Å². The van der Waals surface area contributed by atoms with Gasteiger partial charge in [-0.15, -0.1) is 0 Å². The zero-order valence-corrected chi connectivity index (χ0v) is 13.2. The van der Waals surface area contributed by atoms with Crippen molar-refractivity contribution in [1.82, 2.24) is 0 Å². The van der Waals surface area contributed by atoms with Gasteiger partial charge in [0.15, 0.2) is 5.78 Å². The first-order valence-corrected chi connectivity index (χ1v) is 7.09. The average Bonchev–Trinajstić information content (AvgIpc) is 2.48. The molecule has 1 aliphatic rings. The Morgan fingerprint density at radius 1 is 1.30 bits per heavy atom. The highest BCUT2D eigenvalue weighted by Crippen LogP contribution is 2.40. The number of aryl methyl sites for hydroxylation is 1. The molecule has 0 spiro atoms. The minimum Gasteiger partial charge on any atom is -0.487 e. The van der Waals surface area contributed by atoms with Gasteiger partial charge >= 0.3 is 0 Å². The maximum absolute atomic E-state index is 11.8. The smallest absolute Gasteiger partial charge is 0.163 e. The van der Waals surface area contributed by atoms with Crippen LogP contribution < -0.4 is 4.74 Å². The molecule has 3 heteroatoms. The van der Waals surface area contributed by atoms with E-state index in [0.29, 0.717) is 11.3 Å². The van der Waals surface area contributed by atoms with Crippen LogP contribution in [0, 0.1) is 6.92 Å². The number of Topliss-reactive ketones (excluding diaryl/α,β-unsaturated/α-hetero) is 1. The third-order valence-electron chi connectivity index (χ3n) is 3.78. The number of benzene rings is 1. The molecule has 110 valence electrons. The summed E-state index contributed by atoms with van der Waals surface area (Å²) >= 11 is 0. The summed E-state index contributed by atoms with van der Waals surface area (Å²) in [6, 6.07) is 5.73. The third-order valence-corrected chi connectivity index (χ3v) is 3.78. The minimum atomic E-state index is -0.359. The molecule has 0 aliphatic carbocycles. The van der Waals surface area contributed by atoms with Crippen molar-refractivity contribution >= 4 is 5.78 Å². The Balaban J connectivity index is 2.29. The minimum absolute atomic E-state index is 0.0275. The van der Waals surface area contributed by atoms with Crippen molar-refractivity contribution in [3.05, 3.63) is 29.3 Å². The lowest BCUT2D eigenvalue weighted by molar-refractivity contribution is -0.0846. The molecule has 2 rings (SSSR count). The van der Waals surface area contributed by atoms with Gasteiger partial charge in [0.2, 0.25) is 0 Å². The van der Waals surface area contributed by atoms with Crippen LogP contribution in [0.3, 0.4) is 0 Å². The molecule has 1 heterocycles. The van der Waals surface area contributed by atoms with E-state index in [1.165, 1.54) is 0 Å². The molecule has 0 aromatic heterocycles. The average molecular weight is 276 g/mol. The molecule has 0 N–H and O–H groups in total. The summed E-state index contributed by atoms with van der Waals surface area (Å²) < 4.78 is 12.2. The van der Waals surface area contributed by atoms with Gasteiger partial charge in [0.1, 0.15) is 17.5 Å². The number of hydrogen-bond donors (Lipinski definition) is 0. The lowest BCUT2D eigenvalue weighted by Crippen LogP contribution is -2.37. The first-order valence-electron chi connectivity index (χ1n) is 7.09. The molecule has 1 unspecified atom stereocenters. The van der Waals surface area contributed by atoms with E-state index in [9.17, 15) is 4.79 Å². The molecular formula is C17H24O3. The van der Waals surface area contributed by atoms with Crippen LogP contribution in [0.4, 0.5) is 0 Å². The quantitative estimate of drug-likeness (QED) is 0.785. The van der Waals surface area contributed by atoms with E-state index in [2.05, 4.69) is 13.8 Å². The zero-order chi connectivity index (χ0) is 15.1. The van der Waals surface area contributed by atoms with Gasteiger partial charge in [-0.25, -0.2) is 0 Å². The van der Waals surface area contributed by atoms with Gasteiger partial charge in [0.25, 0.3) is 0 Å². The zero-order valence-electron chi connectivity index (χ0n) is 13.2.